The minimum atomic E-state index is 1.10. The fourth-order valence-corrected chi connectivity index (χ4v) is 1.96. The molecule has 1 aliphatic heterocycles. The fraction of sp³-hybridized carbons (Fsp3) is 0.167. The minimum Gasteiger partial charge on any atom is -0.252 e. The van der Waals surface area contributed by atoms with E-state index in [0.717, 1.165) is 18.5 Å². The molecule has 1 aliphatic carbocycles. The van der Waals surface area contributed by atoms with Crippen molar-refractivity contribution in [2.24, 2.45) is 0 Å². The Morgan fingerprint density at radius 2 is 2.08 bits per heavy atom. The van der Waals surface area contributed by atoms with Gasteiger partial charge in [-0.15, -0.1) is 0 Å². The number of hydrogen-bond donors (Lipinski definition) is 0. The molecule has 2 aliphatic rings. The Morgan fingerprint density at radius 1 is 1.15 bits per heavy atom. The summed E-state index contributed by atoms with van der Waals surface area (Å²) in [6.07, 6.45) is 6.67. The average Bonchev–Trinajstić information content (AvgIpc) is 2.56. The van der Waals surface area contributed by atoms with E-state index < -0.39 is 0 Å². The summed E-state index contributed by atoms with van der Waals surface area (Å²) < 4.78 is 0. The van der Waals surface area contributed by atoms with Gasteiger partial charge in [-0.2, -0.15) is 0 Å². The van der Waals surface area contributed by atoms with Crippen molar-refractivity contribution in [2.45, 2.75) is 12.8 Å². The average molecular weight is 168 g/mol. The van der Waals surface area contributed by atoms with Gasteiger partial charge in [-0.25, -0.2) is 0 Å². The van der Waals surface area contributed by atoms with Gasteiger partial charge in [0, 0.05) is 16.8 Å². The summed E-state index contributed by atoms with van der Waals surface area (Å²) in [6, 6.07) is 8.36. The van der Waals surface area contributed by atoms with Gasteiger partial charge in [0.2, 0.25) is 0 Å². The van der Waals surface area contributed by atoms with Gasteiger partial charge in [-0.1, -0.05) is 30.4 Å². The van der Waals surface area contributed by atoms with Crippen LogP contribution in [0, 0.1) is 0 Å². The third-order valence-corrected chi connectivity index (χ3v) is 2.59. The van der Waals surface area contributed by atoms with Crippen molar-refractivity contribution in [1.82, 2.24) is 5.32 Å². The lowest BCUT2D eigenvalue weighted by Crippen LogP contribution is -1.95. The van der Waals surface area contributed by atoms with Crippen molar-refractivity contribution in [2.75, 3.05) is 0 Å². The molecule has 0 atom stereocenters. The maximum atomic E-state index is 4.60. The lowest BCUT2D eigenvalue weighted by Gasteiger charge is -2.05. The van der Waals surface area contributed by atoms with Crippen LogP contribution in [0.4, 0.5) is 5.69 Å². The first-order valence-corrected chi connectivity index (χ1v) is 4.66. The lowest BCUT2D eigenvalue weighted by molar-refractivity contribution is 0.890. The van der Waals surface area contributed by atoms with E-state index in [1.165, 1.54) is 16.8 Å². The second-order valence-electron chi connectivity index (χ2n) is 3.43. The highest BCUT2D eigenvalue weighted by Crippen LogP contribution is 2.38. The Labute approximate surface area is 77.8 Å². The Balaban J connectivity index is 2.18. The molecule has 13 heavy (non-hydrogen) atoms. The van der Waals surface area contributed by atoms with Crippen LogP contribution in [0.1, 0.15) is 18.4 Å². The molecule has 0 aromatic heterocycles. The maximum Gasteiger partial charge on any atom is 0.0712 e. The molecule has 0 unspecified atom stereocenters. The Kier molecular flexibility index (Phi) is 1.33. The zero-order chi connectivity index (χ0) is 8.67. The van der Waals surface area contributed by atoms with Crippen LogP contribution in [0.2, 0.25) is 0 Å². The summed E-state index contributed by atoms with van der Waals surface area (Å²) in [7, 11) is 0. The highest BCUT2D eigenvalue weighted by Gasteiger charge is 2.21. The second kappa shape index (κ2) is 2.49. The molecule has 0 fully saturated rings. The van der Waals surface area contributed by atoms with E-state index in [2.05, 4.69) is 35.7 Å². The smallest absolute Gasteiger partial charge is 0.0712 e. The zero-order valence-corrected chi connectivity index (χ0v) is 7.33. The van der Waals surface area contributed by atoms with Gasteiger partial charge in [0.25, 0.3) is 0 Å². The van der Waals surface area contributed by atoms with E-state index in [-0.39, 0.29) is 0 Å². The summed E-state index contributed by atoms with van der Waals surface area (Å²) in [4.78, 5) is 0. The number of hydrogen-bond acceptors (Lipinski definition) is 0. The van der Waals surface area contributed by atoms with Gasteiger partial charge in [0.1, 0.15) is 0 Å². The summed E-state index contributed by atoms with van der Waals surface area (Å²) >= 11 is 0. The maximum absolute atomic E-state index is 4.60. The van der Waals surface area contributed by atoms with Gasteiger partial charge in [0.15, 0.2) is 0 Å². The first-order chi connectivity index (χ1) is 6.45. The molecular formula is C12H10N. The summed E-state index contributed by atoms with van der Waals surface area (Å²) in [5, 5.41) is 4.60. The molecule has 0 bridgehead atoms. The number of para-hydroxylation sites is 1. The standard InChI is InChI=1S/C12H10N/c1-3-7-11-9(5-1)10-6-2-4-8-12(10)13-11/h1-3,5-7H,4,8H2. The highest BCUT2D eigenvalue weighted by atomic mass is 14.9. The predicted molar refractivity (Wildman–Crippen MR) is 53.5 cm³/mol. The van der Waals surface area contributed by atoms with Crippen molar-refractivity contribution < 1.29 is 0 Å². The van der Waals surface area contributed by atoms with E-state index in [0.29, 0.717) is 0 Å². The fourth-order valence-electron chi connectivity index (χ4n) is 1.96. The van der Waals surface area contributed by atoms with Crippen LogP contribution in [-0.4, -0.2) is 0 Å². The van der Waals surface area contributed by atoms with E-state index in [9.17, 15) is 0 Å². The SMILES string of the molecule is C1=CC2=C(CC1)[N]c1ccccc12. The van der Waals surface area contributed by atoms with Gasteiger partial charge < -0.3 is 0 Å². The summed E-state index contributed by atoms with van der Waals surface area (Å²) in [5.41, 5.74) is 5.04. The van der Waals surface area contributed by atoms with E-state index >= 15 is 0 Å². The van der Waals surface area contributed by atoms with Crippen LogP contribution >= 0.6 is 0 Å². The number of rotatable bonds is 0. The molecule has 0 saturated carbocycles. The molecule has 1 nitrogen and oxygen atoms in total. The third kappa shape index (κ3) is 0.934. The molecule has 0 saturated heterocycles. The number of fused-ring (bicyclic) bond motifs is 2. The van der Waals surface area contributed by atoms with Crippen molar-refractivity contribution >= 4 is 11.3 Å². The molecule has 0 spiro atoms. The van der Waals surface area contributed by atoms with Crippen LogP contribution < -0.4 is 5.32 Å². The summed E-state index contributed by atoms with van der Waals surface area (Å²) in [6.45, 7) is 0. The molecule has 63 valence electrons. The monoisotopic (exact) mass is 168 g/mol. The molecule has 1 heterocycles. The quantitative estimate of drug-likeness (QED) is 0.565. The van der Waals surface area contributed by atoms with Gasteiger partial charge in [0.05, 0.1) is 5.69 Å². The van der Waals surface area contributed by atoms with Crippen molar-refractivity contribution in [3.63, 3.8) is 0 Å². The van der Waals surface area contributed by atoms with Crippen LogP contribution in [0.3, 0.4) is 0 Å². The number of benzene rings is 1. The number of allylic oxidation sites excluding steroid dienone is 4. The lowest BCUT2D eigenvalue weighted by atomic mass is 10.00. The Morgan fingerprint density at radius 3 is 3.08 bits per heavy atom. The second-order valence-corrected chi connectivity index (χ2v) is 3.43. The predicted octanol–water partition coefficient (Wildman–Crippen LogP) is 3.00. The molecule has 1 heteroatoms. The first kappa shape index (κ1) is 6.96. The largest absolute Gasteiger partial charge is 0.252 e. The van der Waals surface area contributed by atoms with E-state index in [4.69, 9.17) is 0 Å². The Bertz CT molecular complexity index is 413. The van der Waals surface area contributed by atoms with Crippen molar-refractivity contribution in [1.29, 1.82) is 0 Å². The molecule has 0 amide bonds. The van der Waals surface area contributed by atoms with Gasteiger partial charge in [-0.05, 0) is 18.9 Å². The van der Waals surface area contributed by atoms with Gasteiger partial charge in [-0.3, -0.25) is 5.32 Å². The number of nitrogens with zero attached hydrogens (tertiary/aromatic N) is 1. The van der Waals surface area contributed by atoms with Crippen LogP contribution in [0.25, 0.3) is 5.57 Å². The van der Waals surface area contributed by atoms with Gasteiger partial charge >= 0.3 is 0 Å². The van der Waals surface area contributed by atoms with Crippen LogP contribution in [-0.2, 0) is 0 Å². The zero-order valence-electron chi connectivity index (χ0n) is 7.33. The normalized spacial score (nSPS) is 18.2. The molecule has 1 radical (unpaired) electrons. The third-order valence-electron chi connectivity index (χ3n) is 2.59. The Hall–Kier alpha value is -1.50. The molecule has 1 aromatic carbocycles. The molecule has 1 aromatic rings. The summed E-state index contributed by atoms with van der Waals surface area (Å²) in [5.74, 6) is 0. The highest BCUT2D eigenvalue weighted by molar-refractivity contribution is 5.87. The minimum absolute atomic E-state index is 1.10. The van der Waals surface area contributed by atoms with Crippen molar-refractivity contribution in [3.05, 3.63) is 47.7 Å². The van der Waals surface area contributed by atoms with Crippen LogP contribution in [0.15, 0.2) is 42.1 Å². The van der Waals surface area contributed by atoms with E-state index in [1.807, 2.05) is 6.07 Å². The molecule has 0 N–H and O–H groups in total. The molecular weight excluding hydrogens is 158 g/mol. The first-order valence-electron chi connectivity index (χ1n) is 4.66. The van der Waals surface area contributed by atoms with Crippen molar-refractivity contribution in [3.8, 4) is 0 Å². The topological polar surface area (TPSA) is 14.1 Å². The molecule has 3 rings (SSSR count). The van der Waals surface area contributed by atoms with E-state index in [1.54, 1.807) is 0 Å². The van der Waals surface area contributed by atoms with Crippen LogP contribution in [0.5, 0.6) is 0 Å².